The SMILES string of the molecule is CC(C)[C@@H]1OC(=O)/C=C/C=C/C=C/C=C/C=C/C[C@H](O)C[C@H](O)C[C@H](O)C[C@@H](O)C[C@H](O)C[C@H](O)C[C@@H](O)C[C@@H](O)/C=C/[C@@H]1C. The molecule has 1 rings (SSSR count). The number of carbonyl (C=O) groups excluding carboxylic acids is 1. The quantitative estimate of drug-likeness (QED) is 0.157. The van der Waals surface area contributed by atoms with Gasteiger partial charge in [-0.05, 0) is 50.9 Å². The van der Waals surface area contributed by atoms with E-state index in [-0.39, 0.29) is 56.8 Å². The van der Waals surface area contributed by atoms with Gasteiger partial charge in [0, 0.05) is 18.4 Å². The fourth-order valence-electron chi connectivity index (χ4n) is 5.19. The van der Waals surface area contributed by atoms with Crippen LogP contribution in [0.4, 0.5) is 0 Å². The molecule has 1 heterocycles. The number of rotatable bonds is 1. The van der Waals surface area contributed by atoms with Gasteiger partial charge in [0.05, 0.1) is 48.8 Å². The predicted octanol–water partition coefficient (Wildman–Crippen LogP) is 2.55. The molecule has 1 aliphatic rings. The Morgan fingerprint density at radius 2 is 0.978 bits per heavy atom. The van der Waals surface area contributed by atoms with Crippen molar-refractivity contribution in [2.45, 2.75) is 127 Å². The summed E-state index contributed by atoms with van der Waals surface area (Å²) in [5.41, 5.74) is 0. The zero-order chi connectivity index (χ0) is 33.8. The van der Waals surface area contributed by atoms with Gasteiger partial charge in [-0.3, -0.25) is 0 Å². The summed E-state index contributed by atoms with van der Waals surface area (Å²) < 4.78 is 5.64. The maximum Gasteiger partial charge on any atom is 0.331 e. The third-order valence-corrected chi connectivity index (χ3v) is 7.40. The van der Waals surface area contributed by atoms with Gasteiger partial charge in [-0.1, -0.05) is 87.6 Å². The number of esters is 1. The van der Waals surface area contributed by atoms with Crippen molar-refractivity contribution in [2.75, 3.05) is 0 Å². The standard InChI is InChI=1S/C35H56O10/c1-24(2)35-25(3)15-16-27(37)18-29(39)20-31(41)22-33(43)23-32(42)21-30(40)19-28(38)17-26(36)13-11-9-7-5-4-6-8-10-12-14-34(44)45-35/h4-12,14-16,24-33,35-43H,13,17-23H2,1-3H3/b6-4+,7-5+,10-8+,11-9+,14-12+,16-15+/t25-,26-,27-,28-,29-,30-,31+,32+,33+,35-/m0/s1. The summed E-state index contributed by atoms with van der Waals surface area (Å²) in [6.07, 6.45) is 11.4. The van der Waals surface area contributed by atoms with Crippen LogP contribution in [-0.4, -0.2) is 102 Å². The lowest BCUT2D eigenvalue weighted by Gasteiger charge is -2.25. The number of aliphatic hydroxyl groups excluding tert-OH is 8. The molecule has 0 unspecified atom stereocenters. The molecule has 0 aromatic heterocycles. The minimum absolute atomic E-state index is 0.00472. The molecule has 0 saturated carbocycles. The second kappa shape index (κ2) is 23.0. The van der Waals surface area contributed by atoms with E-state index in [1.165, 1.54) is 12.2 Å². The lowest BCUT2D eigenvalue weighted by molar-refractivity contribution is -0.147. The average Bonchev–Trinajstić information content (AvgIpc) is 2.91. The first kappa shape index (κ1) is 40.6. The predicted molar refractivity (Wildman–Crippen MR) is 174 cm³/mol. The number of allylic oxidation sites excluding steroid dienone is 8. The van der Waals surface area contributed by atoms with Crippen LogP contribution in [0.1, 0.15) is 72.1 Å². The van der Waals surface area contributed by atoms with Gasteiger partial charge in [-0.25, -0.2) is 4.79 Å². The Labute approximate surface area is 268 Å². The Bertz CT molecular complexity index is 985. The third-order valence-electron chi connectivity index (χ3n) is 7.40. The van der Waals surface area contributed by atoms with E-state index in [1.807, 2.05) is 20.8 Å². The molecule has 256 valence electrons. The molecule has 0 amide bonds. The second-order valence-corrected chi connectivity index (χ2v) is 12.4. The zero-order valence-electron chi connectivity index (χ0n) is 26.8. The molecule has 0 bridgehead atoms. The highest BCUT2D eigenvalue weighted by atomic mass is 16.5. The Morgan fingerprint density at radius 3 is 1.44 bits per heavy atom. The topological polar surface area (TPSA) is 188 Å². The van der Waals surface area contributed by atoms with Crippen molar-refractivity contribution in [3.8, 4) is 0 Å². The molecule has 0 aromatic carbocycles. The van der Waals surface area contributed by atoms with E-state index in [2.05, 4.69) is 0 Å². The van der Waals surface area contributed by atoms with Gasteiger partial charge in [0.15, 0.2) is 0 Å². The molecule has 0 saturated heterocycles. The van der Waals surface area contributed by atoms with Gasteiger partial charge in [-0.2, -0.15) is 0 Å². The minimum Gasteiger partial charge on any atom is -0.458 e. The number of aliphatic hydroxyl groups is 8. The lowest BCUT2D eigenvalue weighted by atomic mass is 9.93. The smallest absolute Gasteiger partial charge is 0.331 e. The summed E-state index contributed by atoms with van der Waals surface area (Å²) in [5, 5.41) is 82.4. The molecule has 0 radical (unpaired) electrons. The molecule has 10 atom stereocenters. The van der Waals surface area contributed by atoms with Crippen LogP contribution in [0.25, 0.3) is 0 Å². The highest BCUT2D eigenvalue weighted by Crippen LogP contribution is 2.20. The minimum atomic E-state index is -1.10. The van der Waals surface area contributed by atoms with Crippen molar-refractivity contribution >= 4 is 5.97 Å². The summed E-state index contributed by atoms with van der Waals surface area (Å²) in [4.78, 5) is 12.4. The lowest BCUT2D eigenvalue weighted by Crippen LogP contribution is -2.30. The fourth-order valence-corrected chi connectivity index (χ4v) is 5.19. The first-order valence-electron chi connectivity index (χ1n) is 15.9. The van der Waals surface area contributed by atoms with Crippen LogP contribution in [0.2, 0.25) is 0 Å². The first-order valence-corrected chi connectivity index (χ1v) is 15.9. The third kappa shape index (κ3) is 20.4. The molecule has 45 heavy (non-hydrogen) atoms. The highest BCUT2D eigenvalue weighted by Gasteiger charge is 2.25. The maximum atomic E-state index is 12.4. The number of ether oxygens (including phenoxy) is 1. The fraction of sp³-hybridized carbons (Fsp3) is 0.629. The molecule has 0 aliphatic carbocycles. The summed E-state index contributed by atoms with van der Waals surface area (Å²) in [6, 6.07) is 0. The summed E-state index contributed by atoms with van der Waals surface area (Å²) >= 11 is 0. The summed E-state index contributed by atoms with van der Waals surface area (Å²) in [6.45, 7) is 5.72. The largest absolute Gasteiger partial charge is 0.458 e. The van der Waals surface area contributed by atoms with E-state index in [0.29, 0.717) is 6.42 Å². The summed E-state index contributed by atoms with van der Waals surface area (Å²) in [7, 11) is 0. The van der Waals surface area contributed by atoms with E-state index in [9.17, 15) is 45.6 Å². The molecule has 0 fully saturated rings. The Balaban J connectivity index is 2.93. The van der Waals surface area contributed by atoms with Gasteiger partial charge < -0.3 is 45.6 Å². The molecular formula is C35H56O10. The van der Waals surface area contributed by atoms with Crippen molar-refractivity contribution in [3.63, 3.8) is 0 Å². The molecule has 0 spiro atoms. The van der Waals surface area contributed by atoms with E-state index in [1.54, 1.807) is 60.8 Å². The molecule has 1 aliphatic heterocycles. The van der Waals surface area contributed by atoms with Crippen LogP contribution in [0.15, 0.2) is 72.9 Å². The Kier molecular flexibility index (Phi) is 20.8. The van der Waals surface area contributed by atoms with Crippen LogP contribution in [0.3, 0.4) is 0 Å². The van der Waals surface area contributed by atoms with Gasteiger partial charge in [0.1, 0.15) is 6.10 Å². The number of hydrogen-bond acceptors (Lipinski definition) is 10. The Hall–Kier alpha value is -2.41. The number of cyclic esters (lactones) is 1. The van der Waals surface area contributed by atoms with Crippen molar-refractivity contribution in [2.24, 2.45) is 11.8 Å². The number of hydrogen-bond donors (Lipinski definition) is 8. The van der Waals surface area contributed by atoms with E-state index >= 15 is 0 Å². The van der Waals surface area contributed by atoms with E-state index in [4.69, 9.17) is 4.74 Å². The van der Waals surface area contributed by atoms with Gasteiger partial charge in [0.25, 0.3) is 0 Å². The monoisotopic (exact) mass is 636 g/mol. The maximum absolute atomic E-state index is 12.4. The van der Waals surface area contributed by atoms with Crippen LogP contribution < -0.4 is 0 Å². The average molecular weight is 637 g/mol. The van der Waals surface area contributed by atoms with Gasteiger partial charge in [-0.15, -0.1) is 0 Å². The van der Waals surface area contributed by atoms with Crippen molar-refractivity contribution in [3.05, 3.63) is 72.9 Å². The second-order valence-electron chi connectivity index (χ2n) is 12.4. The molecular weight excluding hydrogens is 580 g/mol. The van der Waals surface area contributed by atoms with Crippen molar-refractivity contribution < 1.29 is 50.4 Å². The zero-order valence-corrected chi connectivity index (χ0v) is 26.8. The summed E-state index contributed by atoms with van der Waals surface area (Å²) in [5.74, 6) is -0.714. The van der Waals surface area contributed by atoms with Crippen LogP contribution in [-0.2, 0) is 9.53 Å². The first-order chi connectivity index (χ1) is 21.3. The molecule has 10 nitrogen and oxygen atoms in total. The van der Waals surface area contributed by atoms with Crippen molar-refractivity contribution in [1.82, 2.24) is 0 Å². The van der Waals surface area contributed by atoms with Gasteiger partial charge in [0.2, 0.25) is 0 Å². The van der Waals surface area contributed by atoms with Crippen LogP contribution in [0, 0.1) is 11.8 Å². The highest BCUT2D eigenvalue weighted by molar-refractivity contribution is 5.82. The molecule has 10 heteroatoms. The molecule has 8 N–H and O–H groups in total. The molecule has 0 aromatic rings. The van der Waals surface area contributed by atoms with E-state index < -0.39 is 60.9 Å². The normalized spacial score (nSPS) is 39.3. The van der Waals surface area contributed by atoms with Crippen molar-refractivity contribution in [1.29, 1.82) is 0 Å². The van der Waals surface area contributed by atoms with Crippen LogP contribution >= 0.6 is 0 Å². The number of carbonyl (C=O) groups is 1. The van der Waals surface area contributed by atoms with Crippen LogP contribution in [0.5, 0.6) is 0 Å². The Morgan fingerprint density at radius 1 is 0.578 bits per heavy atom. The van der Waals surface area contributed by atoms with Gasteiger partial charge >= 0.3 is 5.97 Å². The van der Waals surface area contributed by atoms with E-state index in [0.717, 1.165) is 0 Å².